The summed E-state index contributed by atoms with van der Waals surface area (Å²) < 4.78 is 18.4. The van der Waals surface area contributed by atoms with E-state index in [9.17, 15) is 9.66 Å². The van der Waals surface area contributed by atoms with Gasteiger partial charge in [0.15, 0.2) is 0 Å². The van der Waals surface area contributed by atoms with Gasteiger partial charge in [-0.3, -0.25) is 0 Å². The number of hydrogen-bond acceptors (Lipinski definition) is 3. The maximum atomic E-state index is 14.3. The van der Waals surface area contributed by atoms with E-state index in [0.717, 1.165) is 35.4 Å². The number of rotatable bonds is 4. The van der Waals surface area contributed by atoms with Crippen LogP contribution in [0.25, 0.3) is 0 Å². The zero-order valence-electron chi connectivity index (χ0n) is 13.9. The number of aliphatic hydroxyl groups is 1. The minimum atomic E-state index is -2.73. The standard InChI is InChI=1S/C20H23NO2S/c1-2-8-19(22)20-14-13-17(20)16-11-6-7-12-18(16)21-24(20,23)15-9-4-3-5-10-15/h3-7,9-12,17,19,22H,2,8,13-14H2,1H3/t17-,19?,20-,24?/m0/s1. The molecule has 0 aromatic heterocycles. The lowest BCUT2D eigenvalue weighted by molar-refractivity contribution is 0.0543. The molecule has 0 radical (unpaired) electrons. The minimum Gasteiger partial charge on any atom is -0.626 e. The van der Waals surface area contributed by atoms with Crippen molar-refractivity contribution >= 4 is 15.8 Å². The van der Waals surface area contributed by atoms with E-state index in [2.05, 4.69) is 13.0 Å². The second-order valence-corrected chi connectivity index (χ2v) is 9.31. The molecular weight excluding hydrogens is 318 g/mol. The van der Waals surface area contributed by atoms with Crippen LogP contribution in [0.5, 0.6) is 0 Å². The van der Waals surface area contributed by atoms with Gasteiger partial charge in [-0.1, -0.05) is 49.7 Å². The molecule has 4 heteroatoms. The summed E-state index contributed by atoms with van der Waals surface area (Å²) in [5.41, 5.74) is 1.98. The fourth-order valence-electron chi connectivity index (χ4n) is 4.39. The molecule has 1 saturated carbocycles. The van der Waals surface area contributed by atoms with Crippen LogP contribution in [0.3, 0.4) is 0 Å². The van der Waals surface area contributed by atoms with Crippen molar-refractivity contribution in [3.63, 3.8) is 0 Å². The third-order valence-electron chi connectivity index (χ3n) is 5.66. The highest BCUT2D eigenvalue weighted by Crippen LogP contribution is 2.63. The monoisotopic (exact) mass is 341 g/mol. The number of hydrogen-bond donors (Lipinski definition) is 1. The lowest BCUT2D eigenvalue weighted by atomic mass is 9.65. The Morgan fingerprint density at radius 1 is 1.21 bits per heavy atom. The Kier molecular flexibility index (Phi) is 3.87. The average molecular weight is 341 g/mol. The van der Waals surface area contributed by atoms with Crippen LogP contribution in [0.15, 0.2) is 63.9 Å². The van der Waals surface area contributed by atoms with Crippen LogP contribution in [0.1, 0.15) is 44.1 Å². The summed E-state index contributed by atoms with van der Waals surface area (Å²) in [5, 5.41) is 11.0. The van der Waals surface area contributed by atoms with Crippen LogP contribution in [-0.2, 0) is 10.1 Å². The topological polar surface area (TPSA) is 55.7 Å². The summed E-state index contributed by atoms with van der Waals surface area (Å²) >= 11 is 0. The first-order valence-electron chi connectivity index (χ1n) is 8.72. The van der Waals surface area contributed by atoms with E-state index in [-0.39, 0.29) is 5.92 Å². The Balaban J connectivity index is 1.98. The van der Waals surface area contributed by atoms with Crippen molar-refractivity contribution < 1.29 is 9.66 Å². The van der Waals surface area contributed by atoms with Crippen LogP contribution >= 0.6 is 0 Å². The molecule has 1 aliphatic heterocycles. The highest BCUT2D eigenvalue weighted by Gasteiger charge is 2.65. The number of nitrogens with zero attached hydrogens (tertiary/aromatic N) is 1. The highest BCUT2D eigenvalue weighted by molar-refractivity contribution is 8.01. The third-order valence-corrected chi connectivity index (χ3v) is 8.81. The summed E-state index contributed by atoms with van der Waals surface area (Å²) in [6.07, 6.45) is 2.69. The maximum absolute atomic E-state index is 14.3. The smallest absolute Gasteiger partial charge is 0.149 e. The van der Waals surface area contributed by atoms with E-state index >= 15 is 0 Å². The molecule has 2 aromatic rings. The largest absolute Gasteiger partial charge is 0.626 e. The van der Waals surface area contributed by atoms with Crippen LogP contribution in [0.4, 0.5) is 5.69 Å². The van der Waals surface area contributed by atoms with E-state index < -0.39 is 21.0 Å². The fraction of sp³-hybridized carbons (Fsp3) is 0.400. The molecule has 1 aliphatic carbocycles. The summed E-state index contributed by atoms with van der Waals surface area (Å²) in [4.78, 5) is 0.749. The second kappa shape index (κ2) is 5.80. The molecule has 4 rings (SSSR count). The SMILES string of the molecule is CCCC(O)[C@]12CC[C@H]1c1ccccc1N=[S+]2([O-])c1ccccc1. The molecule has 2 aliphatic rings. The summed E-state index contributed by atoms with van der Waals surface area (Å²) in [6.45, 7) is 2.06. The highest BCUT2D eigenvalue weighted by atomic mass is 32.3. The van der Waals surface area contributed by atoms with Crippen molar-refractivity contribution in [3.05, 3.63) is 60.2 Å². The minimum absolute atomic E-state index is 0.125. The number of benzene rings is 2. The third kappa shape index (κ3) is 2.00. The van der Waals surface area contributed by atoms with Gasteiger partial charge in [0.05, 0.1) is 0 Å². The normalized spacial score (nSPS) is 32.0. The Morgan fingerprint density at radius 3 is 2.58 bits per heavy atom. The first-order chi connectivity index (χ1) is 11.6. The van der Waals surface area contributed by atoms with Crippen molar-refractivity contribution in [2.24, 2.45) is 4.36 Å². The van der Waals surface area contributed by atoms with Gasteiger partial charge < -0.3 is 9.66 Å². The fourth-order valence-corrected chi connectivity index (χ4v) is 7.59. The van der Waals surface area contributed by atoms with Crippen LogP contribution < -0.4 is 0 Å². The Bertz CT molecular complexity index is 804. The summed E-state index contributed by atoms with van der Waals surface area (Å²) in [7, 11) is -2.73. The van der Waals surface area contributed by atoms with Crippen molar-refractivity contribution in [2.75, 3.05) is 0 Å². The first-order valence-corrected chi connectivity index (χ1v) is 10.2. The van der Waals surface area contributed by atoms with Gasteiger partial charge in [-0.25, -0.2) is 0 Å². The molecule has 126 valence electrons. The molecule has 1 heterocycles. The molecule has 4 atom stereocenters. The van der Waals surface area contributed by atoms with Crippen molar-refractivity contribution in [1.29, 1.82) is 0 Å². The van der Waals surface area contributed by atoms with Crippen LogP contribution in [-0.4, -0.2) is 20.5 Å². The van der Waals surface area contributed by atoms with Crippen molar-refractivity contribution in [1.82, 2.24) is 0 Å². The Morgan fingerprint density at radius 2 is 1.92 bits per heavy atom. The predicted molar refractivity (Wildman–Crippen MR) is 97.0 cm³/mol. The zero-order valence-corrected chi connectivity index (χ0v) is 14.7. The Hall–Kier alpha value is -1.49. The molecule has 0 bridgehead atoms. The number of fused-ring (bicyclic) bond motifs is 3. The molecule has 0 spiro atoms. The molecule has 1 fully saturated rings. The van der Waals surface area contributed by atoms with Gasteiger partial charge in [0, 0.05) is 12.3 Å². The van der Waals surface area contributed by atoms with E-state index in [1.165, 1.54) is 0 Å². The van der Waals surface area contributed by atoms with Crippen LogP contribution in [0, 0.1) is 0 Å². The molecule has 0 saturated heterocycles. The molecule has 2 unspecified atom stereocenters. The first kappa shape index (κ1) is 16.0. The van der Waals surface area contributed by atoms with E-state index in [0.29, 0.717) is 6.42 Å². The van der Waals surface area contributed by atoms with Gasteiger partial charge >= 0.3 is 0 Å². The van der Waals surface area contributed by atoms with Gasteiger partial charge in [0.1, 0.15) is 21.4 Å². The van der Waals surface area contributed by atoms with Crippen molar-refractivity contribution in [2.45, 2.75) is 54.3 Å². The Labute approximate surface area is 144 Å². The van der Waals surface area contributed by atoms with E-state index in [4.69, 9.17) is 4.36 Å². The molecule has 2 aromatic carbocycles. The van der Waals surface area contributed by atoms with E-state index in [1.54, 1.807) is 0 Å². The quantitative estimate of drug-likeness (QED) is 0.824. The summed E-state index contributed by atoms with van der Waals surface area (Å²) in [6, 6.07) is 17.5. The molecule has 0 amide bonds. The molecule has 24 heavy (non-hydrogen) atoms. The van der Waals surface area contributed by atoms with Gasteiger partial charge in [-0.2, -0.15) is 0 Å². The molecule has 1 N–H and O–H groups in total. The zero-order chi connectivity index (χ0) is 16.8. The lowest BCUT2D eigenvalue weighted by Gasteiger charge is -2.57. The predicted octanol–water partition coefficient (Wildman–Crippen LogP) is 4.64. The van der Waals surface area contributed by atoms with E-state index in [1.807, 2.05) is 48.5 Å². The molecule has 3 nitrogen and oxygen atoms in total. The van der Waals surface area contributed by atoms with Gasteiger partial charge in [-0.05, 0) is 46.7 Å². The van der Waals surface area contributed by atoms with Gasteiger partial charge in [0.25, 0.3) is 0 Å². The van der Waals surface area contributed by atoms with Crippen LogP contribution in [0.2, 0.25) is 0 Å². The van der Waals surface area contributed by atoms with Gasteiger partial charge in [-0.15, -0.1) is 4.36 Å². The van der Waals surface area contributed by atoms with Crippen molar-refractivity contribution in [3.8, 4) is 0 Å². The maximum Gasteiger partial charge on any atom is 0.149 e. The second-order valence-electron chi connectivity index (χ2n) is 6.84. The average Bonchev–Trinajstić information content (AvgIpc) is 2.56. The molecular formula is C20H23NO2S. The van der Waals surface area contributed by atoms with Gasteiger partial charge in [0.2, 0.25) is 0 Å². The summed E-state index contributed by atoms with van der Waals surface area (Å²) in [5.74, 6) is 0.125. The lowest BCUT2D eigenvalue weighted by Crippen LogP contribution is -2.63. The number of aliphatic hydroxyl groups excluding tert-OH is 1.